The molecule has 1 aliphatic heterocycles. The van der Waals surface area contributed by atoms with Gasteiger partial charge in [0.15, 0.2) is 0 Å². The van der Waals surface area contributed by atoms with Crippen LogP contribution in [0.15, 0.2) is 36.4 Å². The van der Waals surface area contributed by atoms with Gasteiger partial charge in [0, 0.05) is 24.6 Å². The van der Waals surface area contributed by atoms with Crippen LogP contribution in [0.3, 0.4) is 0 Å². The van der Waals surface area contributed by atoms with E-state index in [0.717, 1.165) is 23.8 Å². The highest BCUT2D eigenvalue weighted by Crippen LogP contribution is 2.37. The van der Waals surface area contributed by atoms with Gasteiger partial charge in [-0.05, 0) is 31.5 Å². The van der Waals surface area contributed by atoms with Crippen molar-refractivity contribution >= 4 is 5.69 Å². The second-order valence-electron chi connectivity index (χ2n) is 5.92. The van der Waals surface area contributed by atoms with Gasteiger partial charge in [-0.15, -0.1) is 0 Å². The number of hydrogen-bond donors (Lipinski definition) is 1. The van der Waals surface area contributed by atoms with Crippen LogP contribution < -0.4 is 10.1 Å². The number of halogens is 2. The third kappa shape index (κ3) is 2.84. The molecule has 0 amide bonds. The Morgan fingerprint density at radius 3 is 2.76 bits per heavy atom. The van der Waals surface area contributed by atoms with Crippen LogP contribution in [0, 0.1) is 11.6 Å². The summed E-state index contributed by atoms with van der Waals surface area (Å²) in [6.07, 6.45) is 0.862. The summed E-state index contributed by atoms with van der Waals surface area (Å²) in [6.45, 7) is 4.52. The van der Waals surface area contributed by atoms with Crippen molar-refractivity contribution in [1.29, 1.82) is 0 Å². The molecule has 0 spiro atoms. The summed E-state index contributed by atoms with van der Waals surface area (Å²) >= 11 is 0. The summed E-state index contributed by atoms with van der Waals surface area (Å²) in [5.41, 5.74) is 2.21. The van der Waals surface area contributed by atoms with Gasteiger partial charge in [0.25, 0.3) is 0 Å². The molecule has 0 saturated heterocycles. The van der Waals surface area contributed by atoms with Crippen molar-refractivity contribution in [2.75, 3.05) is 5.32 Å². The van der Waals surface area contributed by atoms with E-state index in [4.69, 9.17) is 4.74 Å². The molecule has 2 aromatic carbocycles. The predicted molar refractivity (Wildman–Crippen MR) is 78.5 cm³/mol. The molecule has 2 nitrogen and oxygen atoms in total. The van der Waals surface area contributed by atoms with Gasteiger partial charge in [0.1, 0.15) is 23.0 Å². The molecule has 0 aromatic heterocycles. The molecular formula is C17H17F2NO. The Hall–Kier alpha value is -2.10. The van der Waals surface area contributed by atoms with Crippen LogP contribution in [0.25, 0.3) is 0 Å². The van der Waals surface area contributed by atoms with E-state index in [0.29, 0.717) is 6.54 Å². The van der Waals surface area contributed by atoms with Crippen molar-refractivity contribution in [3.05, 3.63) is 59.2 Å². The zero-order valence-corrected chi connectivity index (χ0v) is 12.0. The lowest BCUT2D eigenvalue weighted by Gasteiger charge is -2.18. The van der Waals surface area contributed by atoms with Gasteiger partial charge in [-0.2, -0.15) is 0 Å². The number of rotatable bonds is 3. The smallest absolute Gasteiger partial charge is 0.149 e. The van der Waals surface area contributed by atoms with Gasteiger partial charge in [-0.3, -0.25) is 0 Å². The van der Waals surface area contributed by atoms with E-state index in [1.807, 2.05) is 32.0 Å². The third-order valence-corrected chi connectivity index (χ3v) is 3.57. The lowest BCUT2D eigenvalue weighted by atomic mass is 10.0. The third-order valence-electron chi connectivity index (χ3n) is 3.57. The SMILES string of the molecule is CC1(C)Cc2cccc(CNc3ccc(F)cc3F)c2O1. The maximum atomic E-state index is 13.6. The molecule has 0 atom stereocenters. The van der Waals surface area contributed by atoms with E-state index in [9.17, 15) is 8.78 Å². The minimum atomic E-state index is -0.594. The molecule has 1 heterocycles. The average molecular weight is 289 g/mol. The van der Waals surface area contributed by atoms with E-state index in [1.54, 1.807) is 0 Å². The largest absolute Gasteiger partial charge is 0.487 e. The first kappa shape index (κ1) is 13.9. The summed E-state index contributed by atoms with van der Waals surface area (Å²) in [6, 6.07) is 9.48. The molecular weight excluding hydrogens is 272 g/mol. The van der Waals surface area contributed by atoms with Crippen LogP contribution in [0.2, 0.25) is 0 Å². The molecule has 110 valence electrons. The summed E-state index contributed by atoms with van der Waals surface area (Å²) in [5.74, 6) is -0.301. The first-order valence-corrected chi connectivity index (χ1v) is 6.93. The summed E-state index contributed by atoms with van der Waals surface area (Å²) in [5, 5.41) is 2.99. The van der Waals surface area contributed by atoms with Crippen molar-refractivity contribution in [3.63, 3.8) is 0 Å². The molecule has 21 heavy (non-hydrogen) atoms. The van der Waals surface area contributed by atoms with Crippen LogP contribution in [0.4, 0.5) is 14.5 Å². The number of hydrogen-bond acceptors (Lipinski definition) is 2. The number of nitrogens with one attached hydrogen (secondary N) is 1. The molecule has 1 N–H and O–H groups in total. The lowest BCUT2D eigenvalue weighted by molar-refractivity contribution is 0.137. The normalized spacial score (nSPS) is 15.4. The van der Waals surface area contributed by atoms with Gasteiger partial charge in [0.2, 0.25) is 0 Å². The molecule has 0 unspecified atom stereocenters. The summed E-state index contributed by atoms with van der Waals surface area (Å²) in [4.78, 5) is 0. The number of benzene rings is 2. The highest BCUT2D eigenvalue weighted by Gasteiger charge is 2.31. The Balaban J connectivity index is 1.80. The lowest BCUT2D eigenvalue weighted by Crippen LogP contribution is -2.25. The fraction of sp³-hybridized carbons (Fsp3) is 0.294. The molecule has 0 bridgehead atoms. The van der Waals surface area contributed by atoms with E-state index in [-0.39, 0.29) is 11.3 Å². The van der Waals surface area contributed by atoms with Crippen LogP contribution in [0.5, 0.6) is 5.75 Å². The zero-order chi connectivity index (χ0) is 15.0. The second kappa shape index (κ2) is 5.02. The van der Waals surface area contributed by atoms with Gasteiger partial charge in [0.05, 0.1) is 5.69 Å². The van der Waals surface area contributed by atoms with Crippen molar-refractivity contribution in [2.45, 2.75) is 32.4 Å². The van der Waals surface area contributed by atoms with E-state index in [1.165, 1.54) is 17.7 Å². The average Bonchev–Trinajstić information content (AvgIpc) is 2.72. The first-order valence-electron chi connectivity index (χ1n) is 6.93. The Morgan fingerprint density at radius 1 is 1.19 bits per heavy atom. The fourth-order valence-corrected chi connectivity index (χ4v) is 2.64. The molecule has 0 fully saturated rings. The van der Waals surface area contributed by atoms with Crippen LogP contribution in [0.1, 0.15) is 25.0 Å². The molecule has 3 rings (SSSR count). The number of para-hydroxylation sites is 1. The summed E-state index contributed by atoms with van der Waals surface area (Å²) in [7, 11) is 0. The van der Waals surface area contributed by atoms with Crippen LogP contribution in [-0.4, -0.2) is 5.60 Å². The van der Waals surface area contributed by atoms with E-state index < -0.39 is 11.6 Å². The molecule has 2 aromatic rings. The molecule has 4 heteroatoms. The topological polar surface area (TPSA) is 21.3 Å². The number of fused-ring (bicyclic) bond motifs is 1. The fourth-order valence-electron chi connectivity index (χ4n) is 2.64. The number of anilines is 1. The standard InChI is InChI=1S/C17H17F2NO/c1-17(2)9-11-4-3-5-12(16(11)21-17)10-20-15-7-6-13(18)8-14(15)19/h3-8,20H,9-10H2,1-2H3. The van der Waals surface area contributed by atoms with Crippen molar-refractivity contribution in [2.24, 2.45) is 0 Å². The monoisotopic (exact) mass is 289 g/mol. The van der Waals surface area contributed by atoms with Crippen molar-refractivity contribution in [3.8, 4) is 5.75 Å². The Labute approximate surface area is 122 Å². The molecule has 0 aliphatic carbocycles. The van der Waals surface area contributed by atoms with Crippen LogP contribution in [-0.2, 0) is 13.0 Å². The molecule has 1 aliphatic rings. The Bertz CT molecular complexity index is 682. The van der Waals surface area contributed by atoms with E-state index >= 15 is 0 Å². The van der Waals surface area contributed by atoms with Gasteiger partial charge in [-0.1, -0.05) is 18.2 Å². The van der Waals surface area contributed by atoms with Crippen LogP contribution >= 0.6 is 0 Å². The highest BCUT2D eigenvalue weighted by molar-refractivity contribution is 5.50. The summed E-state index contributed by atoms with van der Waals surface area (Å²) < 4.78 is 32.5. The maximum absolute atomic E-state index is 13.6. The number of ether oxygens (including phenoxy) is 1. The first-order chi connectivity index (χ1) is 9.94. The second-order valence-corrected chi connectivity index (χ2v) is 5.92. The molecule has 0 radical (unpaired) electrons. The Morgan fingerprint density at radius 2 is 2.00 bits per heavy atom. The minimum Gasteiger partial charge on any atom is -0.487 e. The van der Waals surface area contributed by atoms with Gasteiger partial charge < -0.3 is 10.1 Å². The van der Waals surface area contributed by atoms with Crippen molar-refractivity contribution < 1.29 is 13.5 Å². The highest BCUT2D eigenvalue weighted by atomic mass is 19.1. The maximum Gasteiger partial charge on any atom is 0.149 e. The van der Waals surface area contributed by atoms with Gasteiger partial charge >= 0.3 is 0 Å². The minimum absolute atomic E-state index is 0.209. The quantitative estimate of drug-likeness (QED) is 0.910. The Kier molecular flexibility index (Phi) is 3.32. The van der Waals surface area contributed by atoms with E-state index in [2.05, 4.69) is 5.32 Å². The van der Waals surface area contributed by atoms with Crippen molar-refractivity contribution in [1.82, 2.24) is 0 Å². The zero-order valence-electron chi connectivity index (χ0n) is 12.0. The molecule has 0 saturated carbocycles. The predicted octanol–water partition coefficient (Wildman–Crippen LogP) is 4.29. The van der Waals surface area contributed by atoms with Gasteiger partial charge in [-0.25, -0.2) is 8.78 Å².